The van der Waals surface area contributed by atoms with Crippen LogP contribution in [0.15, 0.2) is 33.5 Å². The Hall–Kier alpha value is -2.80. The van der Waals surface area contributed by atoms with E-state index in [0.717, 1.165) is 14.9 Å². The Morgan fingerprint density at radius 2 is 2.13 bits per heavy atom. The first-order valence-electron chi connectivity index (χ1n) is 9.29. The minimum absolute atomic E-state index is 0.161. The van der Waals surface area contributed by atoms with Gasteiger partial charge in [-0.15, -0.1) is 11.3 Å². The van der Waals surface area contributed by atoms with Gasteiger partial charge >= 0.3 is 5.63 Å². The van der Waals surface area contributed by atoms with Crippen LogP contribution in [-0.2, 0) is 23.2 Å². The molecule has 1 aliphatic rings. The molecule has 10 nitrogen and oxygen atoms in total. The minimum Gasteiger partial charge on any atom is -0.493 e. The second-order valence-corrected chi connectivity index (χ2v) is 10.3. The maximum absolute atomic E-state index is 12.7. The quantitative estimate of drug-likeness (QED) is 0.570. The zero-order valence-electron chi connectivity index (χ0n) is 17.0. The van der Waals surface area contributed by atoms with E-state index < -0.39 is 21.7 Å². The maximum Gasteiger partial charge on any atom is 0.349 e. The molecule has 1 amide bonds. The minimum atomic E-state index is -3.54. The van der Waals surface area contributed by atoms with Crippen molar-refractivity contribution in [2.45, 2.75) is 13.0 Å². The molecular weight excluding hydrogens is 444 g/mol. The highest BCUT2D eigenvalue weighted by Gasteiger charge is 2.31. The molecular formula is C19H20N4O6S2. The summed E-state index contributed by atoms with van der Waals surface area (Å²) in [7, 11) is 0.886. The smallest absolute Gasteiger partial charge is 0.349 e. The summed E-state index contributed by atoms with van der Waals surface area (Å²) in [6, 6.07) is 6.54. The molecule has 0 fully saturated rings. The fourth-order valence-electron chi connectivity index (χ4n) is 3.25. The number of thiazole rings is 1. The lowest BCUT2D eigenvalue weighted by Crippen LogP contribution is -2.42. The SMILES string of the molecule is COc1cccc2cc(C(=O)Nc3nc4c(s3)CN(S(=O)(=O)N(C)C)CC4)c(=O)oc12. The molecule has 0 saturated carbocycles. The van der Waals surface area contributed by atoms with Gasteiger partial charge in [-0.05, 0) is 12.1 Å². The lowest BCUT2D eigenvalue weighted by molar-refractivity contribution is 0.102. The standard InChI is InChI=1S/C19H20N4O6S2/c1-22(2)31(26,27)23-8-7-13-15(10-23)30-19(20-13)21-17(24)12-9-11-5-4-6-14(28-3)16(11)29-18(12)25/h4-6,9H,7-8,10H2,1-3H3,(H,20,21,24). The van der Waals surface area contributed by atoms with Gasteiger partial charge in [0.25, 0.3) is 16.1 Å². The number of nitrogens with zero attached hydrogens (tertiary/aromatic N) is 3. The summed E-state index contributed by atoms with van der Waals surface area (Å²) >= 11 is 1.19. The van der Waals surface area contributed by atoms with E-state index in [1.165, 1.54) is 42.9 Å². The maximum atomic E-state index is 12.7. The van der Waals surface area contributed by atoms with Gasteiger partial charge in [-0.2, -0.15) is 17.0 Å². The van der Waals surface area contributed by atoms with Gasteiger partial charge in [0, 0.05) is 37.3 Å². The van der Waals surface area contributed by atoms with Crippen LogP contribution >= 0.6 is 11.3 Å². The van der Waals surface area contributed by atoms with Crippen LogP contribution in [0.3, 0.4) is 0 Å². The molecule has 31 heavy (non-hydrogen) atoms. The number of fused-ring (bicyclic) bond motifs is 2. The summed E-state index contributed by atoms with van der Waals surface area (Å²) in [6.07, 6.45) is 0.437. The molecule has 0 atom stereocenters. The van der Waals surface area contributed by atoms with Gasteiger partial charge in [-0.25, -0.2) is 9.78 Å². The fraction of sp³-hybridized carbons (Fsp3) is 0.316. The van der Waals surface area contributed by atoms with Crippen LogP contribution in [0.1, 0.15) is 20.9 Å². The van der Waals surface area contributed by atoms with Gasteiger partial charge in [-0.3, -0.25) is 10.1 Å². The van der Waals surface area contributed by atoms with Crippen LogP contribution < -0.4 is 15.7 Å². The van der Waals surface area contributed by atoms with Crippen molar-refractivity contribution in [1.29, 1.82) is 0 Å². The number of aromatic nitrogens is 1. The zero-order valence-corrected chi connectivity index (χ0v) is 18.7. The van der Waals surface area contributed by atoms with Crippen molar-refractivity contribution in [3.05, 3.63) is 50.8 Å². The average molecular weight is 465 g/mol. The van der Waals surface area contributed by atoms with E-state index in [4.69, 9.17) is 9.15 Å². The predicted molar refractivity (Wildman–Crippen MR) is 116 cm³/mol. The van der Waals surface area contributed by atoms with Gasteiger partial charge < -0.3 is 9.15 Å². The number of nitrogens with one attached hydrogen (secondary N) is 1. The van der Waals surface area contributed by atoms with Crippen molar-refractivity contribution in [1.82, 2.24) is 13.6 Å². The average Bonchev–Trinajstić information content (AvgIpc) is 3.13. The Labute approximate surface area is 182 Å². The van der Waals surface area contributed by atoms with Crippen molar-refractivity contribution in [2.75, 3.05) is 33.1 Å². The number of amides is 1. The summed E-state index contributed by atoms with van der Waals surface area (Å²) < 4.78 is 37.7. The number of hydrogen-bond acceptors (Lipinski definition) is 8. The first-order valence-corrected chi connectivity index (χ1v) is 11.5. The van der Waals surface area contributed by atoms with Gasteiger partial charge in [0.1, 0.15) is 5.56 Å². The molecule has 1 aromatic carbocycles. The van der Waals surface area contributed by atoms with Crippen molar-refractivity contribution >= 4 is 43.6 Å². The zero-order chi connectivity index (χ0) is 22.3. The molecule has 1 aliphatic heterocycles. The number of methoxy groups -OCH3 is 1. The van der Waals surface area contributed by atoms with E-state index in [2.05, 4.69) is 10.3 Å². The molecule has 0 aliphatic carbocycles. The highest BCUT2D eigenvalue weighted by atomic mass is 32.2. The van der Waals surface area contributed by atoms with Gasteiger partial charge in [-0.1, -0.05) is 12.1 Å². The molecule has 3 aromatic rings. The van der Waals surface area contributed by atoms with Crippen molar-refractivity contribution in [3.8, 4) is 5.75 Å². The predicted octanol–water partition coefficient (Wildman–Crippen LogP) is 1.67. The number of carbonyl (C=O) groups is 1. The number of rotatable bonds is 5. The molecule has 0 bridgehead atoms. The Balaban J connectivity index is 1.58. The van der Waals surface area contributed by atoms with Gasteiger partial charge in [0.2, 0.25) is 0 Å². The van der Waals surface area contributed by atoms with E-state index >= 15 is 0 Å². The summed E-state index contributed by atoms with van der Waals surface area (Å²) in [5.41, 5.74) is 0.0454. The summed E-state index contributed by atoms with van der Waals surface area (Å²) in [5, 5.41) is 3.47. The van der Waals surface area contributed by atoms with E-state index in [-0.39, 0.29) is 17.7 Å². The molecule has 4 rings (SSSR count). The number of anilines is 1. The molecule has 2 aromatic heterocycles. The van der Waals surface area contributed by atoms with Crippen molar-refractivity contribution < 1.29 is 22.4 Å². The Bertz CT molecular complexity index is 1330. The molecule has 0 radical (unpaired) electrons. The van der Waals surface area contributed by atoms with Crippen LogP contribution in [0.25, 0.3) is 11.0 Å². The van der Waals surface area contributed by atoms with Crippen LogP contribution in [0.2, 0.25) is 0 Å². The summed E-state index contributed by atoms with van der Waals surface area (Å²) in [5.74, 6) is -0.256. The number of para-hydroxylation sites is 1. The molecule has 1 N–H and O–H groups in total. The van der Waals surface area contributed by atoms with E-state index in [9.17, 15) is 18.0 Å². The molecule has 0 saturated heterocycles. The largest absolute Gasteiger partial charge is 0.493 e. The summed E-state index contributed by atoms with van der Waals surface area (Å²) in [6.45, 7) is 0.488. The molecule has 3 heterocycles. The molecule has 0 unspecified atom stereocenters. The van der Waals surface area contributed by atoms with Crippen LogP contribution in [0, 0.1) is 0 Å². The van der Waals surface area contributed by atoms with E-state index in [0.29, 0.717) is 29.2 Å². The lowest BCUT2D eigenvalue weighted by atomic mass is 10.1. The Morgan fingerprint density at radius 3 is 2.84 bits per heavy atom. The highest BCUT2D eigenvalue weighted by molar-refractivity contribution is 7.86. The van der Waals surface area contributed by atoms with Crippen LogP contribution in [0.4, 0.5) is 5.13 Å². The number of hydrogen-bond donors (Lipinski definition) is 1. The first-order chi connectivity index (χ1) is 14.7. The highest BCUT2D eigenvalue weighted by Crippen LogP contribution is 2.30. The molecule has 164 valence electrons. The monoisotopic (exact) mass is 464 g/mol. The first kappa shape index (κ1) is 21.4. The van der Waals surface area contributed by atoms with Crippen LogP contribution in [0.5, 0.6) is 5.75 Å². The molecule has 0 spiro atoms. The number of carbonyl (C=O) groups excluding carboxylic acids is 1. The lowest BCUT2D eigenvalue weighted by Gasteiger charge is -2.27. The topological polar surface area (TPSA) is 122 Å². The third-order valence-corrected chi connectivity index (χ3v) is 7.78. The number of benzene rings is 1. The fourth-order valence-corrected chi connectivity index (χ4v) is 5.43. The summed E-state index contributed by atoms with van der Waals surface area (Å²) in [4.78, 5) is 30.2. The van der Waals surface area contributed by atoms with Crippen LogP contribution in [-0.4, -0.2) is 55.7 Å². The van der Waals surface area contributed by atoms with Crippen molar-refractivity contribution in [3.63, 3.8) is 0 Å². The second kappa shape index (κ2) is 8.04. The van der Waals surface area contributed by atoms with Gasteiger partial charge in [0.05, 0.1) is 19.3 Å². The van der Waals surface area contributed by atoms with Crippen molar-refractivity contribution in [2.24, 2.45) is 0 Å². The van der Waals surface area contributed by atoms with E-state index in [1.807, 2.05) is 0 Å². The number of ether oxygens (including phenoxy) is 1. The Kier molecular flexibility index (Phi) is 5.56. The third-order valence-electron chi connectivity index (χ3n) is 4.89. The normalized spacial score (nSPS) is 14.6. The second-order valence-electron chi connectivity index (χ2n) is 7.04. The third kappa shape index (κ3) is 3.94. The van der Waals surface area contributed by atoms with Gasteiger partial charge in [0.15, 0.2) is 16.5 Å². The Morgan fingerprint density at radius 1 is 1.35 bits per heavy atom. The molecule has 12 heteroatoms. The van der Waals surface area contributed by atoms with E-state index in [1.54, 1.807) is 18.2 Å².